The molecule has 1 rings (SSSR count). The van der Waals surface area contributed by atoms with Crippen molar-refractivity contribution in [2.24, 2.45) is 0 Å². The Morgan fingerprint density at radius 2 is 1.83 bits per heavy atom. The van der Waals surface area contributed by atoms with Gasteiger partial charge in [0.25, 0.3) is 0 Å². The zero-order chi connectivity index (χ0) is 13.3. The smallest absolute Gasteiger partial charge is 0.379 e. The molecule has 0 saturated carbocycles. The van der Waals surface area contributed by atoms with Crippen LogP contribution in [0.4, 0.5) is 13.2 Å². The summed E-state index contributed by atoms with van der Waals surface area (Å²) < 4.78 is 46.5. The second-order valence-corrected chi connectivity index (χ2v) is 4.84. The lowest BCUT2D eigenvalue weighted by Gasteiger charge is -2.22. The lowest BCUT2D eigenvalue weighted by Crippen LogP contribution is -2.24. The Labute approximate surface area is 107 Å². The molecule has 1 aliphatic heterocycles. The maximum atomic E-state index is 11.9. The number of hydrogen-bond acceptors (Lipinski definition) is 2. The van der Waals surface area contributed by atoms with E-state index in [1.54, 1.807) is 0 Å². The van der Waals surface area contributed by atoms with Gasteiger partial charge in [-0.2, -0.15) is 13.2 Å². The highest BCUT2D eigenvalue weighted by atomic mass is 19.4. The molecule has 0 aliphatic carbocycles. The van der Waals surface area contributed by atoms with E-state index in [2.05, 4.69) is 0 Å². The molecule has 0 aromatic carbocycles. The quantitative estimate of drug-likeness (QED) is 0.617. The summed E-state index contributed by atoms with van der Waals surface area (Å²) in [4.78, 5) is 0. The van der Waals surface area contributed by atoms with Gasteiger partial charge in [-0.1, -0.05) is 12.8 Å². The Kier molecular flexibility index (Phi) is 7.66. The van der Waals surface area contributed by atoms with Crippen LogP contribution >= 0.6 is 0 Å². The maximum Gasteiger partial charge on any atom is 0.389 e. The Bertz CT molecular complexity index is 201. The van der Waals surface area contributed by atoms with Gasteiger partial charge in [0.1, 0.15) is 0 Å². The molecule has 18 heavy (non-hydrogen) atoms. The predicted molar refractivity (Wildman–Crippen MR) is 63.6 cm³/mol. The van der Waals surface area contributed by atoms with Crippen molar-refractivity contribution in [2.45, 2.75) is 63.6 Å². The number of alkyl halides is 3. The van der Waals surface area contributed by atoms with Crippen LogP contribution in [0.25, 0.3) is 0 Å². The molecule has 0 aromatic heterocycles. The van der Waals surface area contributed by atoms with Crippen molar-refractivity contribution < 1.29 is 22.6 Å². The SMILES string of the molecule is FC(F)(F)CCCCCCOCC1CCCCO1. The first-order valence-corrected chi connectivity index (χ1v) is 6.84. The van der Waals surface area contributed by atoms with E-state index in [1.165, 1.54) is 6.42 Å². The van der Waals surface area contributed by atoms with E-state index in [9.17, 15) is 13.2 Å². The monoisotopic (exact) mass is 268 g/mol. The molecule has 0 spiro atoms. The molecule has 5 heteroatoms. The van der Waals surface area contributed by atoms with E-state index in [0.29, 0.717) is 19.6 Å². The van der Waals surface area contributed by atoms with Crippen LogP contribution in [0, 0.1) is 0 Å². The molecule has 1 heterocycles. The van der Waals surface area contributed by atoms with Crippen LogP contribution in [0.15, 0.2) is 0 Å². The van der Waals surface area contributed by atoms with E-state index >= 15 is 0 Å². The summed E-state index contributed by atoms with van der Waals surface area (Å²) >= 11 is 0. The van der Waals surface area contributed by atoms with Crippen molar-refractivity contribution in [1.29, 1.82) is 0 Å². The molecule has 1 saturated heterocycles. The zero-order valence-corrected chi connectivity index (χ0v) is 10.8. The lowest BCUT2D eigenvalue weighted by molar-refractivity contribution is -0.135. The van der Waals surface area contributed by atoms with Crippen molar-refractivity contribution in [2.75, 3.05) is 19.8 Å². The molecule has 2 nitrogen and oxygen atoms in total. The third-order valence-electron chi connectivity index (χ3n) is 3.08. The molecule has 0 amide bonds. The van der Waals surface area contributed by atoms with E-state index in [4.69, 9.17) is 9.47 Å². The Morgan fingerprint density at radius 3 is 2.50 bits per heavy atom. The fraction of sp³-hybridized carbons (Fsp3) is 1.00. The van der Waals surface area contributed by atoms with E-state index in [1.807, 2.05) is 0 Å². The van der Waals surface area contributed by atoms with Crippen LogP contribution in [-0.2, 0) is 9.47 Å². The Hall–Kier alpha value is -0.290. The van der Waals surface area contributed by atoms with Gasteiger partial charge >= 0.3 is 6.18 Å². The third kappa shape index (κ3) is 8.75. The first kappa shape index (κ1) is 15.8. The Morgan fingerprint density at radius 1 is 1.06 bits per heavy atom. The van der Waals surface area contributed by atoms with Gasteiger partial charge in [0.05, 0.1) is 12.7 Å². The third-order valence-corrected chi connectivity index (χ3v) is 3.08. The Balaban J connectivity index is 1.81. The highest BCUT2D eigenvalue weighted by Crippen LogP contribution is 2.22. The van der Waals surface area contributed by atoms with Gasteiger partial charge in [-0.05, 0) is 32.1 Å². The summed E-state index contributed by atoms with van der Waals surface area (Å²) in [5.74, 6) is 0. The molecule has 1 atom stereocenters. The van der Waals surface area contributed by atoms with Crippen molar-refractivity contribution in [3.8, 4) is 0 Å². The average molecular weight is 268 g/mol. The van der Waals surface area contributed by atoms with Gasteiger partial charge in [0.2, 0.25) is 0 Å². The normalized spacial score (nSPS) is 21.2. The van der Waals surface area contributed by atoms with Crippen LogP contribution in [0.5, 0.6) is 0 Å². The first-order chi connectivity index (χ1) is 8.58. The summed E-state index contributed by atoms with van der Waals surface area (Å²) in [6.45, 7) is 2.08. The minimum absolute atomic E-state index is 0.226. The summed E-state index contributed by atoms with van der Waals surface area (Å²) in [5.41, 5.74) is 0. The van der Waals surface area contributed by atoms with E-state index in [0.717, 1.165) is 32.3 Å². The number of ether oxygens (including phenoxy) is 2. The zero-order valence-electron chi connectivity index (χ0n) is 10.8. The number of hydrogen-bond donors (Lipinski definition) is 0. The van der Waals surface area contributed by atoms with E-state index in [-0.39, 0.29) is 12.5 Å². The highest BCUT2D eigenvalue weighted by molar-refractivity contribution is 4.62. The first-order valence-electron chi connectivity index (χ1n) is 6.84. The molecule has 108 valence electrons. The molecule has 1 aliphatic rings. The summed E-state index contributed by atoms with van der Waals surface area (Å²) in [5, 5.41) is 0. The van der Waals surface area contributed by atoms with Gasteiger partial charge in [0, 0.05) is 19.6 Å². The van der Waals surface area contributed by atoms with Crippen molar-refractivity contribution >= 4 is 0 Å². The van der Waals surface area contributed by atoms with Crippen molar-refractivity contribution in [3.63, 3.8) is 0 Å². The fourth-order valence-electron chi connectivity index (χ4n) is 2.04. The topological polar surface area (TPSA) is 18.5 Å². The molecular weight excluding hydrogens is 245 g/mol. The summed E-state index contributed by atoms with van der Waals surface area (Å²) in [7, 11) is 0. The van der Waals surface area contributed by atoms with Crippen LogP contribution in [-0.4, -0.2) is 32.1 Å². The van der Waals surface area contributed by atoms with Crippen LogP contribution in [0.3, 0.4) is 0 Å². The molecule has 1 fully saturated rings. The number of halogens is 3. The highest BCUT2D eigenvalue weighted by Gasteiger charge is 2.25. The largest absolute Gasteiger partial charge is 0.389 e. The average Bonchev–Trinajstić information content (AvgIpc) is 2.32. The fourth-order valence-corrected chi connectivity index (χ4v) is 2.04. The van der Waals surface area contributed by atoms with Crippen LogP contribution in [0.1, 0.15) is 51.4 Å². The predicted octanol–water partition coefficient (Wildman–Crippen LogP) is 4.08. The van der Waals surface area contributed by atoms with Crippen LogP contribution in [0.2, 0.25) is 0 Å². The van der Waals surface area contributed by atoms with Crippen molar-refractivity contribution in [3.05, 3.63) is 0 Å². The molecule has 0 bridgehead atoms. The maximum absolute atomic E-state index is 11.9. The lowest BCUT2D eigenvalue weighted by atomic mass is 10.1. The standard InChI is InChI=1S/C13H23F3O2/c14-13(15,16)8-4-1-2-5-9-17-11-12-7-3-6-10-18-12/h12H,1-11H2. The minimum Gasteiger partial charge on any atom is -0.379 e. The van der Waals surface area contributed by atoms with Gasteiger partial charge < -0.3 is 9.47 Å². The van der Waals surface area contributed by atoms with Gasteiger partial charge in [-0.15, -0.1) is 0 Å². The number of rotatable bonds is 8. The minimum atomic E-state index is -4.01. The summed E-state index contributed by atoms with van der Waals surface area (Å²) in [6.07, 6.45) is 1.46. The van der Waals surface area contributed by atoms with Gasteiger partial charge in [-0.25, -0.2) is 0 Å². The van der Waals surface area contributed by atoms with Crippen molar-refractivity contribution in [1.82, 2.24) is 0 Å². The summed E-state index contributed by atoms with van der Waals surface area (Å²) in [6, 6.07) is 0. The molecule has 1 unspecified atom stereocenters. The molecule has 0 aromatic rings. The van der Waals surface area contributed by atoms with Crippen LogP contribution < -0.4 is 0 Å². The van der Waals surface area contributed by atoms with Gasteiger partial charge in [-0.3, -0.25) is 0 Å². The van der Waals surface area contributed by atoms with Gasteiger partial charge in [0.15, 0.2) is 0 Å². The second kappa shape index (κ2) is 8.75. The van der Waals surface area contributed by atoms with E-state index < -0.39 is 12.6 Å². The number of unbranched alkanes of at least 4 members (excludes halogenated alkanes) is 3. The molecule has 0 radical (unpaired) electrons. The molecular formula is C13H23F3O2. The molecule has 0 N–H and O–H groups in total. The second-order valence-electron chi connectivity index (χ2n) is 4.84.